The van der Waals surface area contributed by atoms with Gasteiger partial charge in [0.2, 0.25) is 0 Å². The largest absolute Gasteiger partial charge is 0.497 e. The van der Waals surface area contributed by atoms with E-state index < -0.39 is 0 Å². The van der Waals surface area contributed by atoms with E-state index in [0.29, 0.717) is 0 Å². The smallest absolute Gasteiger partial charge is 0.118 e. The summed E-state index contributed by atoms with van der Waals surface area (Å²) in [6, 6.07) is 8.39. The quantitative estimate of drug-likeness (QED) is 0.922. The summed E-state index contributed by atoms with van der Waals surface area (Å²) in [5.41, 5.74) is 1.43. The van der Waals surface area contributed by atoms with Crippen LogP contribution in [-0.4, -0.2) is 31.4 Å². The zero-order valence-corrected chi connectivity index (χ0v) is 13.3. The van der Waals surface area contributed by atoms with E-state index in [1.807, 2.05) is 12.1 Å². The first-order chi connectivity index (χ1) is 10.1. The van der Waals surface area contributed by atoms with Crippen molar-refractivity contribution in [2.75, 3.05) is 20.2 Å². The van der Waals surface area contributed by atoms with E-state index in [9.17, 15) is 0 Å². The Labute approximate surface area is 128 Å². The Morgan fingerprint density at radius 1 is 1.14 bits per heavy atom. The second-order valence-corrected chi connectivity index (χ2v) is 6.89. The Balaban J connectivity index is 1.60. The minimum Gasteiger partial charge on any atom is -0.497 e. The molecule has 1 saturated heterocycles. The molecule has 1 atom stereocenters. The first-order valence-corrected chi connectivity index (χ1v) is 8.17. The number of ether oxygens (including phenoxy) is 2. The van der Waals surface area contributed by atoms with Crippen molar-refractivity contribution in [3.63, 3.8) is 0 Å². The second kappa shape index (κ2) is 5.98. The Morgan fingerprint density at radius 3 is 2.52 bits per heavy atom. The average molecular weight is 289 g/mol. The lowest BCUT2D eigenvalue weighted by Gasteiger charge is -2.46. The molecule has 0 amide bonds. The molecular formula is C18H27NO2. The molecule has 2 aliphatic rings. The van der Waals surface area contributed by atoms with Crippen LogP contribution in [0.1, 0.15) is 44.6 Å². The Morgan fingerprint density at radius 2 is 1.86 bits per heavy atom. The fourth-order valence-corrected chi connectivity index (χ4v) is 3.79. The number of benzene rings is 1. The molecule has 1 aromatic rings. The van der Waals surface area contributed by atoms with Crippen LogP contribution in [-0.2, 0) is 11.2 Å². The highest BCUT2D eigenvalue weighted by molar-refractivity contribution is 5.27. The molecule has 0 radical (unpaired) electrons. The molecular weight excluding hydrogens is 262 g/mol. The molecule has 3 rings (SSSR count). The predicted octanol–water partition coefficient (Wildman–Crippen LogP) is 3.32. The molecule has 1 saturated carbocycles. The number of nitrogens with one attached hydrogen (secondary N) is 1. The monoisotopic (exact) mass is 289 g/mol. The van der Waals surface area contributed by atoms with Gasteiger partial charge in [0.15, 0.2) is 0 Å². The van der Waals surface area contributed by atoms with Gasteiger partial charge in [0, 0.05) is 13.1 Å². The van der Waals surface area contributed by atoms with E-state index in [0.717, 1.165) is 31.7 Å². The van der Waals surface area contributed by atoms with Gasteiger partial charge < -0.3 is 14.8 Å². The van der Waals surface area contributed by atoms with Crippen molar-refractivity contribution in [3.8, 4) is 5.75 Å². The minimum atomic E-state index is -0.0392. The van der Waals surface area contributed by atoms with Gasteiger partial charge in [-0.05, 0) is 50.3 Å². The highest BCUT2D eigenvalue weighted by atomic mass is 16.5. The van der Waals surface area contributed by atoms with Gasteiger partial charge >= 0.3 is 0 Å². The second-order valence-electron chi connectivity index (χ2n) is 6.89. The molecule has 0 bridgehead atoms. The van der Waals surface area contributed by atoms with Crippen LogP contribution in [0.2, 0.25) is 0 Å². The maximum atomic E-state index is 6.60. The SMILES string of the molecule is COc1ccc(CCC2(C)CNCC3(CCCC3)O2)cc1. The summed E-state index contributed by atoms with van der Waals surface area (Å²) in [5, 5.41) is 3.62. The molecule has 1 spiro atoms. The molecule has 2 fully saturated rings. The Hall–Kier alpha value is -1.06. The summed E-state index contributed by atoms with van der Waals surface area (Å²) >= 11 is 0. The average Bonchev–Trinajstić information content (AvgIpc) is 2.93. The molecule has 1 heterocycles. The maximum Gasteiger partial charge on any atom is 0.118 e. The lowest BCUT2D eigenvalue weighted by molar-refractivity contribution is -0.169. The Bertz CT molecular complexity index is 465. The normalized spacial score (nSPS) is 27.9. The number of methoxy groups -OCH3 is 1. The first-order valence-electron chi connectivity index (χ1n) is 8.17. The predicted molar refractivity (Wildman–Crippen MR) is 84.9 cm³/mol. The molecule has 1 aliphatic heterocycles. The van der Waals surface area contributed by atoms with Crippen LogP contribution in [0.4, 0.5) is 0 Å². The standard InChI is InChI=1S/C18H27NO2/c1-17(12-9-15-5-7-16(20-2)8-6-15)13-19-14-18(21-17)10-3-4-11-18/h5-8,19H,3-4,9-14H2,1-2H3. The third kappa shape index (κ3) is 3.41. The van der Waals surface area contributed by atoms with Crippen molar-refractivity contribution in [2.24, 2.45) is 0 Å². The van der Waals surface area contributed by atoms with E-state index >= 15 is 0 Å². The van der Waals surface area contributed by atoms with Crippen LogP contribution in [0.25, 0.3) is 0 Å². The summed E-state index contributed by atoms with van der Waals surface area (Å²) < 4.78 is 11.8. The molecule has 116 valence electrons. The van der Waals surface area contributed by atoms with Crippen LogP contribution in [0.5, 0.6) is 5.75 Å². The topological polar surface area (TPSA) is 30.5 Å². The van der Waals surface area contributed by atoms with Crippen molar-refractivity contribution in [2.45, 2.75) is 56.7 Å². The number of aryl methyl sites for hydroxylation is 1. The zero-order chi connectivity index (χ0) is 14.8. The van der Waals surface area contributed by atoms with E-state index in [-0.39, 0.29) is 11.2 Å². The van der Waals surface area contributed by atoms with Crippen LogP contribution in [0.15, 0.2) is 24.3 Å². The van der Waals surface area contributed by atoms with E-state index in [1.54, 1.807) is 7.11 Å². The number of rotatable bonds is 4. The highest BCUT2D eigenvalue weighted by Crippen LogP contribution is 2.39. The Kier molecular flexibility index (Phi) is 4.23. The minimum absolute atomic E-state index is 0.0392. The van der Waals surface area contributed by atoms with Crippen molar-refractivity contribution < 1.29 is 9.47 Å². The van der Waals surface area contributed by atoms with Gasteiger partial charge in [0.05, 0.1) is 18.3 Å². The van der Waals surface area contributed by atoms with Crippen molar-refractivity contribution in [3.05, 3.63) is 29.8 Å². The molecule has 0 aromatic heterocycles. The lowest BCUT2D eigenvalue weighted by Crippen LogP contribution is -2.58. The first kappa shape index (κ1) is 14.9. The fourth-order valence-electron chi connectivity index (χ4n) is 3.79. The van der Waals surface area contributed by atoms with E-state index in [2.05, 4.69) is 24.4 Å². The van der Waals surface area contributed by atoms with Gasteiger partial charge in [-0.15, -0.1) is 0 Å². The number of morpholine rings is 1. The third-order valence-electron chi connectivity index (χ3n) is 5.03. The molecule has 1 N–H and O–H groups in total. The summed E-state index contributed by atoms with van der Waals surface area (Å²) in [6.07, 6.45) is 7.19. The molecule has 1 unspecified atom stereocenters. The van der Waals surface area contributed by atoms with Gasteiger partial charge in [0.1, 0.15) is 5.75 Å². The third-order valence-corrected chi connectivity index (χ3v) is 5.03. The summed E-state index contributed by atoms with van der Waals surface area (Å²) in [5.74, 6) is 0.922. The summed E-state index contributed by atoms with van der Waals surface area (Å²) in [7, 11) is 1.71. The number of hydrogen-bond acceptors (Lipinski definition) is 3. The van der Waals surface area contributed by atoms with Crippen LogP contribution in [0, 0.1) is 0 Å². The van der Waals surface area contributed by atoms with Crippen molar-refractivity contribution in [1.82, 2.24) is 5.32 Å². The van der Waals surface area contributed by atoms with E-state index in [1.165, 1.54) is 31.2 Å². The maximum absolute atomic E-state index is 6.60. The van der Waals surface area contributed by atoms with Gasteiger partial charge in [-0.25, -0.2) is 0 Å². The van der Waals surface area contributed by atoms with Crippen LogP contribution in [0.3, 0.4) is 0 Å². The summed E-state index contributed by atoms with van der Waals surface area (Å²) in [6.45, 7) is 4.26. The molecule has 1 aliphatic carbocycles. The molecule has 21 heavy (non-hydrogen) atoms. The van der Waals surface area contributed by atoms with Gasteiger partial charge in [0.25, 0.3) is 0 Å². The summed E-state index contributed by atoms with van der Waals surface area (Å²) in [4.78, 5) is 0. The van der Waals surface area contributed by atoms with Crippen molar-refractivity contribution >= 4 is 0 Å². The highest BCUT2D eigenvalue weighted by Gasteiger charge is 2.44. The van der Waals surface area contributed by atoms with Gasteiger partial charge in [-0.1, -0.05) is 25.0 Å². The van der Waals surface area contributed by atoms with Crippen LogP contribution >= 0.6 is 0 Å². The molecule has 3 nitrogen and oxygen atoms in total. The van der Waals surface area contributed by atoms with E-state index in [4.69, 9.17) is 9.47 Å². The number of hydrogen-bond donors (Lipinski definition) is 1. The molecule has 3 heteroatoms. The van der Waals surface area contributed by atoms with Crippen molar-refractivity contribution in [1.29, 1.82) is 0 Å². The zero-order valence-electron chi connectivity index (χ0n) is 13.3. The van der Waals surface area contributed by atoms with Gasteiger partial charge in [-0.2, -0.15) is 0 Å². The van der Waals surface area contributed by atoms with Gasteiger partial charge in [-0.3, -0.25) is 0 Å². The van der Waals surface area contributed by atoms with Crippen LogP contribution < -0.4 is 10.1 Å². The molecule has 1 aromatic carbocycles. The lowest BCUT2D eigenvalue weighted by atomic mass is 9.90. The fraction of sp³-hybridized carbons (Fsp3) is 0.667.